The van der Waals surface area contributed by atoms with Crippen LogP contribution in [0.1, 0.15) is 31.2 Å². The molecule has 1 aromatic heterocycles. The third-order valence-electron chi connectivity index (χ3n) is 3.64. The number of nitrogens with zero attached hydrogens (tertiary/aromatic N) is 1. The molecule has 1 heterocycles. The Labute approximate surface area is 96.9 Å². The molecule has 88 valence electrons. The van der Waals surface area contributed by atoms with Gasteiger partial charge in [-0.1, -0.05) is 18.9 Å². The van der Waals surface area contributed by atoms with Crippen LogP contribution in [0.25, 0.3) is 0 Å². The van der Waals surface area contributed by atoms with Gasteiger partial charge in [-0.25, -0.2) is 4.98 Å². The van der Waals surface area contributed by atoms with Gasteiger partial charge in [-0.05, 0) is 31.4 Å². The maximum atomic E-state index is 9.50. The first-order valence-corrected chi connectivity index (χ1v) is 6.02. The number of aliphatic hydroxyl groups excluding tert-OH is 1. The van der Waals surface area contributed by atoms with E-state index in [0.29, 0.717) is 0 Å². The zero-order valence-electron chi connectivity index (χ0n) is 9.87. The monoisotopic (exact) mass is 220 g/mol. The first-order chi connectivity index (χ1) is 7.76. The molecule has 0 unspecified atom stereocenters. The number of hydrogen-bond acceptors (Lipinski definition) is 3. The van der Waals surface area contributed by atoms with Crippen molar-refractivity contribution in [1.29, 1.82) is 0 Å². The molecule has 1 aliphatic rings. The summed E-state index contributed by atoms with van der Waals surface area (Å²) in [5.41, 5.74) is 1.25. The maximum Gasteiger partial charge on any atom is 0.128 e. The SMILES string of the molecule is Cc1cccnc1NCC1(CO)CCCC1. The molecule has 0 radical (unpaired) electrons. The van der Waals surface area contributed by atoms with E-state index in [1.807, 2.05) is 6.07 Å². The first kappa shape index (κ1) is 11.4. The summed E-state index contributed by atoms with van der Waals surface area (Å²) in [6, 6.07) is 3.99. The number of anilines is 1. The molecule has 0 aliphatic heterocycles. The fourth-order valence-corrected chi connectivity index (χ4v) is 2.46. The van der Waals surface area contributed by atoms with Crippen LogP contribution in [-0.2, 0) is 0 Å². The van der Waals surface area contributed by atoms with Crippen LogP contribution in [0, 0.1) is 12.3 Å². The highest BCUT2D eigenvalue weighted by Crippen LogP contribution is 2.37. The van der Waals surface area contributed by atoms with Crippen molar-refractivity contribution in [3.05, 3.63) is 23.9 Å². The van der Waals surface area contributed by atoms with Gasteiger partial charge in [-0.2, -0.15) is 0 Å². The summed E-state index contributed by atoms with van der Waals surface area (Å²) in [6.07, 6.45) is 6.53. The van der Waals surface area contributed by atoms with E-state index in [4.69, 9.17) is 0 Å². The fourth-order valence-electron chi connectivity index (χ4n) is 2.46. The van der Waals surface area contributed by atoms with E-state index in [-0.39, 0.29) is 12.0 Å². The average molecular weight is 220 g/mol. The fraction of sp³-hybridized carbons (Fsp3) is 0.615. The number of aryl methyl sites for hydroxylation is 1. The molecule has 1 aromatic rings. The molecule has 1 saturated carbocycles. The van der Waals surface area contributed by atoms with Gasteiger partial charge < -0.3 is 10.4 Å². The lowest BCUT2D eigenvalue weighted by Gasteiger charge is -2.27. The van der Waals surface area contributed by atoms with Crippen molar-refractivity contribution in [2.75, 3.05) is 18.5 Å². The molecule has 1 fully saturated rings. The Hall–Kier alpha value is -1.09. The molecule has 1 aliphatic carbocycles. The summed E-state index contributed by atoms with van der Waals surface area (Å²) < 4.78 is 0. The highest BCUT2D eigenvalue weighted by atomic mass is 16.3. The lowest BCUT2D eigenvalue weighted by atomic mass is 9.87. The predicted octanol–water partition coefficient (Wildman–Crippen LogP) is 2.35. The van der Waals surface area contributed by atoms with E-state index >= 15 is 0 Å². The van der Waals surface area contributed by atoms with E-state index in [0.717, 1.165) is 30.8 Å². The van der Waals surface area contributed by atoms with Crippen molar-refractivity contribution in [3.8, 4) is 0 Å². The van der Waals surface area contributed by atoms with Gasteiger partial charge >= 0.3 is 0 Å². The number of pyridine rings is 1. The van der Waals surface area contributed by atoms with Gasteiger partial charge in [-0.3, -0.25) is 0 Å². The second-order valence-corrected chi connectivity index (χ2v) is 4.89. The van der Waals surface area contributed by atoms with Crippen molar-refractivity contribution in [3.63, 3.8) is 0 Å². The Balaban J connectivity index is 1.98. The topological polar surface area (TPSA) is 45.2 Å². The molecular formula is C13H20N2O. The van der Waals surface area contributed by atoms with Gasteiger partial charge in [0.05, 0.1) is 6.61 Å². The van der Waals surface area contributed by atoms with Crippen molar-refractivity contribution in [2.45, 2.75) is 32.6 Å². The lowest BCUT2D eigenvalue weighted by Crippen LogP contribution is -2.30. The van der Waals surface area contributed by atoms with Crippen molar-refractivity contribution in [1.82, 2.24) is 4.98 Å². The Kier molecular flexibility index (Phi) is 3.44. The molecule has 3 heteroatoms. The highest BCUT2D eigenvalue weighted by molar-refractivity contribution is 5.42. The summed E-state index contributed by atoms with van der Waals surface area (Å²) in [5.74, 6) is 0.947. The van der Waals surface area contributed by atoms with E-state index in [2.05, 4.69) is 23.3 Å². The Morgan fingerprint density at radius 2 is 2.19 bits per heavy atom. The van der Waals surface area contributed by atoms with Crippen molar-refractivity contribution >= 4 is 5.82 Å². The molecule has 0 aromatic carbocycles. The third kappa shape index (κ3) is 2.35. The van der Waals surface area contributed by atoms with Gasteiger partial charge in [0.25, 0.3) is 0 Å². The standard InChI is InChI=1S/C13H20N2O/c1-11-5-4-8-14-12(11)15-9-13(10-16)6-2-3-7-13/h4-5,8,16H,2-3,6-7,9-10H2,1H3,(H,14,15). The molecule has 2 N–H and O–H groups in total. The van der Waals surface area contributed by atoms with Crippen LogP contribution >= 0.6 is 0 Å². The van der Waals surface area contributed by atoms with Crippen LogP contribution in [0.5, 0.6) is 0 Å². The molecule has 3 nitrogen and oxygen atoms in total. The number of aliphatic hydroxyl groups is 1. The van der Waals surface area contributed by atoms with Crippen LogP contribution in [0.2, 0.25) is 0 Å². The second kappa shape index (κ2) is 4.83. The van der Waals surface area contributed by atoms with E-state index in [1.54, 1.807) is 6.20 Å². The number of aromatic nitrogens is 1. The number of hydrogen-bond donors (Lipinski definition) is 2. The smallest absolute Gasteiger partial charge is 0.128 e. The summed E-state index contributed by atoms with van der Waals surface area (Å²) in [5, 5.41) is 12.9. The highest BCUT2D eigenvalue weighted by Gasteiger charge is 2.32. The molecule has 0 bridgehead atoms. The predicted molar refractivity (Wildman–Crippen MR) is 65.5 cm³/mol. The zero-order chi connectivity index (χ0) is 11.4. The van der Waals surface area contributed by atoms with Crippen LogP contribution in [-0.4, -0.2) is 23.2 Å². The summed E-state index contributed by atoms with van der Waals surface area (Å²) in [7, 11) is 0. The maximum absolute atomic E-state index is 9.50. The van der Waals surface area contributed by atoms with Crippen molar-refractivity contribution in [2.24, 2.45) is 5.41 Å². The van der Waals surface area contributed by atoms with Gasteiger partial charge in [0.2, 0.25) is 0 Å². The Bertz CT molecular complexity index is 346. The Morgan fingerprint density at radius 1 is 1.44 bits per heavy atom. The zero-order valence-corrected chi connectivity index (χ0v) is 9.87. The van der Waals surface area contributed by atoms with Crippen molar-refractivity contribution < 1.29 is 5.11 Å². The van der Waals surface area contributed by atoms with Crippen LogP contribution < -0.4 is 5.32 Å². The van der Waals surface area contributed by atoms with E-state index < -0.39 is 0 Å². The quantitative estimate of drug-likeness (QED) is 0.818. The first-order valence-electron chi connectivity index (χ1n) is 6.02. The largest absolute Gasteiger partial charge is 0.396 e. The van der Waals surface area contributed by atoms with Gasteiger partial charge in [0, 0.05) is 18.2 Å². The number of nitrogens with one attached hydrogen (secondary N) is 1. The molecular weight excluding hydrogens is 200 g/mol. The molecule has 2 rings (SSSR count). The van der Waals surface area contributed by atoms with Crippen LogP contribution in [0.15, 0.2) is 18.3 Å². The molecule has 16 heavy (non-hydrogen) atoms. The summed E-state index contributed by atoms with van der Waals surface area (Å²) in [4.78, 5) is 4.31. The molecule has 0 atom stereocenters. The van der Waals surface area contributed by atoms with Crippen LogP contribution in [0.3, 0.4) is 0 Å². The summed E-state index contributed by atoms with van der Waals surface area (Å²) in [6.45, 7) is 3.17. The normalized spacial score (nSPS) is 18.6. The second-order valence-electron chi connectivity index (χ2n) is 4.89. The molecule has 0 saturated heterocycles. The van der Waals surface area contributed by atoms with Gasteiger partial charge in [0.1, 0.15) is 5.82 Å². The minimum Gasteiger partial charge on any atom is -0.396 e. The number of rotatable bonds is 4. The van der Waals surface area contributed by atoms with Gasteiger partial charge in [-0.15, -0.1) is 0 Å². The lowest BCUT2D eigenvalue weighted by molar-refractivity contribution is 0.142. The third-order valence-corrected chi connectivity index (χ3v) is 3.64. The summed E-state index contributed by atoms with van der Waals surface area (Å²) >= 11 is 0. The average Bonchev–Trinajstić information content (AvgIpc) is 2.78. The van der Waals surface area contributed by atoms with Gasteiger partial charge in [0.15, 0.2) is 0 Å². The minimum atomic E-state index is 0.0873. The molecule has 0 spiro atoms. The Morgan fingerprint density at radius 3 is 2.81 bits per heavy atom. The van der Waals surface area contributed by atoms with E-state index in [1.165, 1.54) is 12.8 Å². The van der Waals surface area contributed by atoms with Crippen LogP contribution in [0.4, 0.5) is 5.82 Å². The molecule has 0 amide bonds. The van der Waals surface area contributed by atoms with E-state index in [9.17, 15) is 5.11 Å². The minimum absolute atomic E-state index is 0.0873.